The molecule has 6 heteroatoms. The van der Waals surface area contributed by atoms with Crippen LogP contribution in [0.25, 0.3) is 0 Å². The molecule has 1 unspecified atom stereocenters. The lowest BCUT2D eigenvalue weighted by atomic mass is 10.0. The average molecular weight is 269 g/mol. The highest BCUT2D eigenvalue weighted by Gasteiger charge is 2.31. The Labute approximate surface area is 106 Å². The molecule has 0 amide bonds. The number of carboxylic acid groups (broad SMARTS) is 1. The monoisotopic (exact) mass is 269 g/mol. The van der Waals surface area contributed by atoms with Crippen LogP contribution in [-0.4, -0.2) is 36.9 Å². The van der Waals surface area contributed by atoms with Gasteiger partial charge in [-0.15, -0.1) is 0 Å². The molecule has 0 fully saturated rings. The molecular weight excluding hydrogens is 254 g/mol. The van der Waals surface area contributed by atoms with Gasteiger partial charge in [0.1, 0.15) is 0 Å². The van der Waals surface area contributed by atoms with E-state index in [0.717, 1.165) is 6.42 Å². The van der Waals surface area contributed by atoms with E-state index >= 15 is 0 Å². The summed E-state index contributed by atoms with van der Waals surface area (Å²) in [6, 6.07) is 4.21. The van der Waals surface area contributed by atoms with Crippen LogP contribution in [0.1, 0.15) is 29.3 Å². The topological polar surface area (TPSA) is 74.7 Å². The van der Waals surface area contributed by atoms with Gasteiger partial charge in [0, 0.05) is 13.1 Å². The lowest BCUT2D eigenvalue weighted by molar-refractivity contribution is 0.0696. The maximum Gasteiger partial charge on any atom is 0.335 e. The molecule has 18 heavy (non-hydrogen) atoms. The number of benzene rings is 1. The first-order chi connectivity index (χ1) is 8.34. The largest absolute Gasteiger partial charge is 0.478 e. The molecule has 0 radical (unpaired) electrons. The third kappa shape index (κ3) is 2.02. The Bertz CT molecular complexity index is 594. The van der Waals surface area contributed by atoms with E-state index in [-0.39, 0.29) is 16.5 Å². The van der Waals surface area contributed by atoms with Crippen molar-refractivity contribution in [3.05, 3.63) is 29.3 Å². The van der Waals surface area contributed by atoms with Crippen LogP contribution >= 0.6 is 0 Å². The first-order valence-corrected chi connectivity index (χ1v) is 7.12. The van der Waals surface area contributed by atoms with Crippen molar-refractivity contribution in [1.82, 2.24) is 4.31 Å². The Balaban J connectivity index is 2.65. The Morgan fingerprint density at radius 1 is 1.44 bits per heavy atom. The smallest absolute Gasteiger partial charge is 0.335 e. The summed E-state index contributed by atoms with van der Waals surface area (Å²) in [5, 5.41) is 8.94. The predicted molar refractivity (Wildman–Crippen MR) is 66.1 cm³/mol. The summed E-state index contributed by atoms with van der Waals surface area (Å²) in [6.07, 6.45) is 1.37. The summed E-state index contributed by atoms with van der Waals surface area (Å²) in [4.78, 5) is 11.0. The zero-order valence-corrected chi connectivity index (χ0v) is 11.1. The Morgan fingerprint density at radius 3 is 2.72 bits per heavy atom. The number of hydrogen-bond acceptors (Lipinski definition) is 3. The van der Waals surface area contributed by atoms with Gasteiger partial charge in [0.25, 0.3) is 0 Å². The fraction of sp³-hybridized carbons (Fsp3) is 0.417. The summed E-state index contributed by atoms with van der Waals surface area (Å²) in [5.41, 5.74) is 0.691. The van der Waals surface area contributed by atoms with Crippen LogP contribution in [0.3, 0.4) is 0 Å². The van der Waals surface area contributed by atoms with Gasteiger partial charge in [0.15, 0.2) is 0 Å². The fourth-order valence-corrected chi connectivity index (χ4v) is 3.74. The number of carbonyl (C=O) groups is 1. The summed E-state index contributed by atoms with van der Waals surface area (Å²) in [6.45, 7) is 1.85. The minimum atomic E-state index is -3.59. The van der Waals surface area contributed by atoms with Crippen molar-refractivity contribution >= 4 is 16.0 Å². The lowest BCUT2D eigenvalue weighted by Gasteiger charge is -2.21. The molecule has 1 aromatic rings. The van der Waals surface area contributed by atoms with E-state index < -0.39 is 16.0 Å². The molecule has 0 saturated heterocycles. The zero-order chi connectivity index (χ0) is 13.5. The number of rotatable bonds is 1. The van der Waals surface area contributed by atoms with E-state index in [9.17, 15) is 13.2 Å². The van der Waals surface area contributed by atoms with E-state index in [1.54, 1.807) is 6.07 Å². The minimum absolute atomic E-state index is 0.000257. The quantitative estimate of drug-likeness (QED) is 0.835. The number of aromatic carboxylic acids is 1. The van der Waals surface area contributed by atoms with E-state index in [2.05, 4.69) is 0 Å². The van der Waals surface area contributed by atoms with Gasteiger partial charge < -0.3 is 5.11 Å². The van der Waals surface area contributed by atoms with Gasteiger partial charge in [-0.25, -0.2) is 13.2 Å². The maximum absolute atomic E-state index is 12.3. The molecule has 0 bridgehead atoms. The Kier molecular flexibility index (Phi) is 3.16. The number of aryl methyl sites for hydroxylation is 1. The van der Waals surface area contributed by atoms with Crippen molar-refractivity contribution in [3.8, 4) is 0 Å². The molecule has 1 aliphatic heterocycles. The molecule has 1 heterocycles. The van der Waals surface area contributed by atoms with Crippen molar-refractivity contribution in [2.75, 3.05) is 7.05 Å². The Hall–Kier alpha value is -1.40. The van der Waals surface area contributed by atoms with Crippen LogP contribution in [0, 0.1) is 0 Å². The fourth-order valence-electron chi connectivity index (χ4n) is 2.07. The third-order valence-corrected chi connectivity index (χ3v) is 5.48. The van der Waals surface area contributed by atoms with Crippen molar-refractivity contribution in [2.24, 2.45) is 0 Å². The molecule has 0 saturated carbocycles. The molecule has 1 N–H and O–H groups in total. The first-order valence-electron chi connectivity index (χ1n) is 5.68. The van der Waals surface area contributed by atoms with Gasteiger partial charge in [0.05, 0.1) is 10.5 Å². The predicted octanol–water partition coefficient (Wildman–Crippen LogP) is 1.34. The van der Waals surface area contributed by atoms with Gasteiger partial charge in [-0.05, 0) is 37.5 Å². The molecule has 1 atom stereocenters. The van der Waals surface area contributed by atoms with E-state index in [1.165, 1.54) is 23.5 Å². The van der Waals surface area contributed by atoms with E-state index in [4.69, 9.17) is 5.11 Å². The molecule has 0 aromatic heterocycles. The molecule has 1 aromatic carbocycles. The van der Waals surface area contributed by atoms with Crippen molar-refractivity contribution in [3.63, 3.8) is 0 Å². The maximum atomic E-state index is 12.3. The van der Waals surface area contributed by atoms with Gasteiger partial charge in [0.2, 0.25) is 10.0 Å². The molecule has 1 aliphatic rings. The average Bonchev–Trinajstić information content (AvgIpc) is 2.41. The van der Waals surface area contributed by atoms with Crippen LogP contribution in [0.5, 0.6) is 0 Å². The first kappa shape index (κ1) is 13.0. The Morgan fingerprint density at radius 2 is 2.11 bits per heavy atom. The van der Waals surface area contributed by atoms with Gasteiger partial charge in [-0.1, -0.05) is 6.07 Å². The summed E-state index contributed by atoms with van der Waals surface area (Å²) in [7, 11) is -2.06. The number of nitrogens with zero attached hydrogens (tertiary/aromatic N) is 1. The van der Waals surface area contributed by atoms with E-state index in [1.807, 2.05) is 6.92 Å². The lowest BCUT2D eigenvalue weighted by Crippen LogP contribution is -2.33. The SMILES string of the molecule is CC1CCc2ccc(C(=O)O)cc2S(=O)(=O)N1C. The third-order valence-electron chi connectivity index (χ3n) is 3.42. The van der Waals surface area contributed by atoms with Crippen LogP contribution in [0.4, 0.5) is 0 Å². The second-order valence-electron chi connectivity index (χ2n) is 4.54. The standard InChI is InChI=1S/C12H15NO4S/c1-8-3-4-9-5-6-10(12(14)15)7-11(9)18(16,17)13(8)2/h5-8H,3-4H2,1-2H3,(H,14,15). The van der Waals surface area contributed by atoms with Gasteiger partial charge in [-0.3, -0.25) is 0 Å². The molecule has 2 rings (SSSR count). The molecular formula is C12H15NO4S. The van der Waals surface area contributed by atoms with Crippen LogP contribution in [-0.2, 0) is 16.4 Å². The molecule has 5 nitrogen and oxygen atoms in total. The van der Waals surface area contributed by atoms with Gasteiger partial charge in [-0.2, -0.15) is 4.31 Å². The van der Waals surface area contributed by atoms with Crippen molar-refractivity contribution in [2.45, 2.75) is 30.7 Å². The minimum Gasteiger partial charge on any atom is -0.478 e. The van der Waals surface area contributed by atoms with Gasteiger partial charge >= 0.3 is 5.97 Å². The zero-order valence-electron chi connectivity index (χ0n) is 10.3. The van der Waals surface area contributed by atoms with Crippen LogP contribution < -0.4 is 0 Å². The van der Waals surface area contributed by atoms with Crippen LogP contribution in [0.15, 0.2) is 23.1 Å². The highest BCUT2D eigenvalue weighted by atomic mass is 32.2. The second-order valence-corrected chi connectivity index (χ2v) is 6.50. The van der Waals surface area contributed by atoms with Crippen molar-refractivity contribution < 1.29 is 18.3 Å². The number of hydrogen-bond donors (Lipinski definition) is 1. The summed E-state index contributed by atoms with van der Waals surface area (Å²) >= 11 is 0. The summed E-state index contributed by atoms with van der Waals surface area (Å²) < 4.78 is 26.0. The highest BCUT2D eigenvalue weighted by Crippen LogP contribution is 2.28. The number of carboxylic acids is 1. The summed E-state index contributed by atoms with van der Waals surface area (Å²) in [5.74, 6) is -1.12. The second kappa shape index (κ2) is 4.37. The molecule has 0 spiro atoms. The molecule has 0 aliphatic carbocycles. The number of sulfonamides is 1. The van der Waals surface area contributed by atoms with Crippen molar-refractivity contribution in [1.29, 1.82) is 0 Å². The normalized spacial score (nSPS) is 23.1. The molecule has 98 valence electrons. The number of fused-ring (bicyclic) bond motifs is 1. The van der Waals surface area contributed by atoms with E-state index in [0.29, 0.717) is 12.0 Å². The highest BCUT2D eigenvalue weighted by molar-refractivity contribution is 7.89. The van der Waals surface area contributed by atoms with Crippen LogP contribution in [0.2, 0.25) is 0 Å².